The van der Waals surface area contributed by atoms with Crippen LogP contribution in [0.1, 0.15) is 10.4 Å². The Kier molecular flexibility index (Phi) is 2.45. The van der Waals surface area contributed by atoms with Gasteiger partial charge in [-0.2, -0.15) is 0 Å². The lowest BCUT2D eigenvalue weighted by molar-refractivity contribution is 0.112. The van der Waals surface area contributed by atoms with E-state index in [2.05, 4.69) is 4.98 Å². The molecule has 0 saturated carbocycles. The zero-order valence-corrected chi connectivity index (χ0v) is 9.48. The van der Waals surface area contributed by atoms with Gasteiger partial charge in [0.05, 0.1) is 5.56 Å². The summed E-state index contributed by atoms with van der Waals surface area (Å²) in [6.07, 6.45) is 2.41. The van der Waals surface area contributed by atoms with Gasteiger partial charge in [-0.05, 0) is 46.8 Å². The lowest BCUT2D eigenvalue weighted by Crippen LogP contribution is -1.88. The highest BCUT2D eigenvalue weighted by Gasteiger charge is 2.05. The van der Waals surface area contributed by atoms with Gasteiger partial charge in [0.15, 0.2) is 6.29 Å². The summed E-state index contributed by atoms with van der Waals surface area (Å²) in [6.45, 7) is 0. The van der Waals surface area contributed by atoms with Crippen LogP contribution in [0, 0.1) is 5.82 Å². The molecule has 0 bridgehead atoms. The van der Waals surface area contributed by atoms with E-state index in [1.54, 1.807) is 12.1 Å². The molecule has 2 aromatic carbocycles. The highest BCUT2D eigenvalue weighted by atomic mass is 19.1. The Labute approximate surface area is 103 Å². The van der Waals surface area contributed by atoms with Crippen LogP contribution in [0.5, 0.6) is 0 Å². The molecule has 0 radical (unpaired) electrons. The number of benzene rings is 2. The van der Waals surface area contributed by atoms with Gasteiger partial charge in [0.2, 0.25) is 0 Å². The molecule has 3 aromatic rings. The third-order valence-electron chi connectivity index (χ3n) is 3.01. The topological polar surface area (TPSA) is 32.9 Å². The fourth-order valence-corrected chi connectivity index (χ4v) is 2.05. The fourth-order valence-electron chi connectivity index (χ4n) is 2.05. The van der Waals surface area contributed by atoms with Crippen LogP contribution in [0.4, 0.5) is 4.39 Å². The number of aromatic amines is 1. The van der Waals surface area contributed by atoms with Gasteiger partial charge in [0.1, 0.15) is 5.82 Å². The van der Waals surface area contributed by atoms with Crippen molar-refractivity contribution in [3.8, 4) is 11.1 Å². The van der Waals surface area contributed by atoms with E-state index in [1.165, 1.54) is 6.07 Å². The molecule has 1 N–H and O–H groups in total. The average molecular weight is 239 g/mol. The smallest absolute Gasteiger partial charge is 0.153 e. The Morgan fingerprint density at radius 3 is 2.61 bits per heavy atom. The molecule has 0 aliphatic carbocycles. The van der Waals surface area contributed by atoms with Crippen molar-refractivity contribution in [3.05, 3.63) is 60.0 Å². The van der Waals surface area contributed by atoms with E-state index in [4.69, 9.17) is 0 Å². The minimum atomic E-state index is -0.489. The first-order valence-electron chi connectivity index (χ1n) is 5.60. The largest absolute Gasteiger partial charge is 0.361 e. The van der Waals surface area contributed by atoms with Gasteiger partial charge >= 0.3 is 0 Å². The molecule has 0 saturated heterocycles. The molecule has 3 heteroatoms. The second kappa shape index (κ2) is 4.11. The molecular formula is C15H10FNO. The number of halogens is 1. The first kappa shape index (κ1) is 10.7. The number of fused-ring (bicyclic) bond motifs is 1. The van der Waals surface area contributed by atoms with Crippen molar-refractivity contribution in [2.45, 2.75) is 0 Å². The average Bonchev–Trinajstić information content (AvgIpc) is 2.86. The van der Waals surface area contributed by atoms with Gasteiger partial charge in [-0.3, -0.25) is 4.79 Å². The van der Waals surface area contributed by atoms with E-state index >= 15 is 0 Å². The molecule has 0 atom stereocenters. The number of aromatic nitrogens is 1. The van der Waals surface area contributed by atoms with Crippen LogP contribution < -0.4 is 0 Å². The van der Waals surface area contributed by atoms with E-state index in [0.29, 0.717) is 6.29 Å². The van der Waals surface area contributed by atoms with E-state index in [0.717, 1.165) is 22.0 Å². The number of hydrogen-bond acceptors (Lipinski definition) is 1. The number of rotatable bonds is 2. The molecular weight excluding hydrogens is 229 g/mol. The zero-order valence-electron chi connectivity index (χ0n) is 9.48. The number of carbonyl (C=O) groups is 1. The standard InChI is InChI=1S/C15H10FNO/c16-14-3-1-10(8-13(14)9-18)11-2-4-15-12(7-11)5-6-17-15/h1-9,17H. The first-order valence-corrected chi connectivity index (χ1v) is 5.60. The van der Waals surface area contributed by atoms with Gasteiger partial charge in [0.25, 0.3) is 0 Å². The summed E-state index contributed by atoms with van der Waals surface area (Å²) in [5.74, 6) is -0.489. The predicted octanol–water partition coefficient (Wildman–Crippen LogP) is 3.79. The van der Waals surface area contributed by atoms with E-state index in [-0.39, 0.29) is 5.56 Å². The van der Waals surface area contributed by atoms with Crippen LogP contribution in [-0.2, 0) is 0 Å². The van der Waals surface area contributed by atoms with Crippen LogP contribution in [0.3, 0.4) is 0 Å². The van der Waals surface area contributed by atoms with Gasteiger partial charge in [-0.15, -0.1) is 0 Å². The van der Waals surface area contributed by atoms with Gasteiger partial charge in [0, 0.05) is 11.7 Å². The maximum absolute atomic E-state index is 13.3. The van der Waals surface area contributed by atoms with E-state index in [1.807, 2.05) is 30.5 Å². The Bertz CT molecular complexity index is 730. The molecule has 2 nitrogen and oxygen atoms in total. The Hall–Kier alpha value is -2.42. The van der Waals surface area contributed by atoms with Crippen LogP contribution in [0.2, 0.25) is 0 Å². The molecule has 0 aliphatic rings. The molecule has 0 fully saturated rings. The van der Waals surface area contributed by atoms with Gasteiger partial charge < -0.3 is 4.98 Å². The fraction of sp³-hybridized carbons (Fsp3) is 0. The number of aldehydes is 1. The van der Waals surface area contributed by atoms with Crippen LogP contribution in [-0.4, -0.2) is 11.3 Å². The molecule has 1 heterocycles. The first-order chi connectivity index (χ1) is 8.78. The quantitative estimate of drug-likeness (QED) is 0.678. The third-order valence-corrected chi connectivity index (χ3v) is 3.01. The van der Waals surface area contributed by atoms with Crippen molar-refractivity contribution in [1.82, 2.24) is 4.98 Å². The predicted molar refractivity (Wildman–Crippen MR) is 69.1 cm³/mol. The Balaban J connectivity index is 2.15. The molecule has 0 amide bonds. The lowest BCUT2D eigenvalue weighted by atomic mass is 10.0. The maximum Gasteiger partial charge on any atom is 0.153 e. The van der Waals surface area contributed by atoms with Crippen LogP contribution in [0.15, 0.2) is 48.7 Å². The summed E-state index contributed by atoms with van der Waals surface area (Å²) in [5.41, 5.74) is 2.94. The summed E-state index contributed by atoms with van der Waals surface area (Å²) < 4.78 is 13.3. The molecule has 0 aliphatic heterocycles. The van der Waals surface area contributed by atoms with Crippen molar-refractivity contribution in [1.29, 1.82) is 0 Å². The van der Waals surface area contributed by atoms with Crippen molar-refractivity contribution in [2.75, 3.05) is 0 Å². The minimum absolute atomic E-state index is 0.0849. The monoisotopic (exact) mass is 239 g/mol. The normalized spacial score (nSPS) is 10.7. The summed E-state index contributed by atoms with van der Waals surface area (Å²) in [6, 6.07) is 12.5. The molecule has 3 rings (SSSR count). The van der Waals surface area contributed by atoms with E-state index in [9.17, 15) is 9.18 Å². The number of carbonyl (C=O) groups excluding carboxylic acids is 1. The SMILES string of the molecule is O=Cc1cc(-c2ccc3[nH]ccc3c2)ccc1F. The Morgan fingerprint density at radius 1 is 1.00 bits per heavy atom. The van der Waals surface area contributed by atoms with Gasteiger partial charge in [-0.1, -0.05) is 12.1 Å². The third kappa shape index (κ3) is 1.70. The molecule has 18 heavy (non-hydrogen) atoms. The number of nitrogens with one attached hydrogen (secondary N) is 1. The molecule has 88 valence electrons. The lowest BCUT2D eigenvalue weighted by Gasteiger charge is -2.03. The van der Waals surface area contributed by atoms with Crippen molar-refractivity contribution in [2.24, 2.45) is 0 Å². The number of H-pyrrole nitrogens is 1. The Morgan fingerprint density at radius 2 is 1.78 bits per heavy atom. The second-order valence-corrected chi connectivity index (χ2v) is 4.13. The van der Waals surface area contributed by atoms with Crippen LogP contribution >= 0.6 is 0 Å². The van der Waals surface area contributed by atoms with Crippen molar-refractivity contribution in [3.63, 3.8) is 0 Å². The molecule has 0 unspecified atom stereocenters. The van der Waals surface area contributed by atoms with E-state index < -0.39 is 5.82 Å². The second-order valence-electron chi connectivity index (χ2n) is 4.13. The van der Waals surface area contributed by atoms with Crippen molar-refractivity contribution < 1.29 is 9.18 Å². The summed E-state index contributed by atoms with van der Waals surface area (Å²) in [7, 11) is 0. The zero-order chi connectivity index (χ0) is 12.5. The number of hydrogen-bond donors (Lipinski definition) is 1. The summed E-state index contributed by atoms with van der Waals surface area (Å²) >= 11 is 0. The highest BCUT2D eigenvalue weighted by Crippen LogP contribution is 2.25. The molecule has 0 spiro atoms. The van der Waals surface area contributed by atoms with Gasteiger partial charge in [-0.25, -0.2) is 4.39 Å². The minimum Gasteiger partial charge on any atom is -0.361 e. The maximum atomic E-state index is 13.3. The molecule has 1 aromatic heterocycles. The van der Waals surface area contributed by atoms with Crippen molar-refractivity contribution >= 4 is 17.2 Å². The summed E-state index contributed by atoms with van der Waals surface area (Å²) in [4.78, 5) is 13.9. The highest BCUT2D eigenvalue weighted by molar-refractivity contribution is 5.86. The van der Waals surface area contributed by atoms with Crippen LogP contribution in [0.25, 0.3) is 22.0 Å². The summed E-state index contributed by atoms with van der Waals surface area (Å²) in [5, 5.41) is 1.09.